The van der Waals surface area contributed by atoms with Crippen molar-refractivity contribution in [1.29, 1.82) is 0 Å². The van der Waals surface area contributed by atoms with Crippen molar-refractivity contribution in [2.24, 2.45) is 0 Å². The van der Waals surface area contributed by atoms with Gasteiger partial charge in [-0.05, 0) is 25.7 Å². The van der Waals surface area contributed by atoms with Gasteiger partial charge in [-0.3, -0.25) is 0 Å². The summed E-state index contributed by atoms with van der Waals surface area (Å²) in [6, 6.07) is 0. The minimum absolute atomic E-state index is 0.119. The SMILES string of the molecule is COC(=O)/C1=C\CCCCCCCCCCCCCC1. The fraction of sp³-hybridized carbons (Fsp3) is 0.833. The molecule has 20 heavy (non-hydrogen) atoms. The van der Waals surface area contributed by atoms with Crippen molar-refractivity contribution in [2.75, 3.05) is 7.11 Å². The van der Waals surface area contributed by atoms with Crippen LogP contribution in [-0.4, -0.2) is 13.1 Å². The minimum Gasteiger partial charge on any atom is -0.466 e. The Hall–Kier alpha value is -0.790. The van der Waals surface area contributed by atoms with Crippen molar-refractivity contribution < 1.29 is 9.53 Å². The van der Waals surface area contributed by atoms with E-state index in [1.807, 2.05) is 0 Å². The number of hydrogen-bond donors (Lipinski definition) is 0. The second-order valence-electron chi connectivity index (χ2n) is 6.00. The maximum atomic E-state index is 11.7. The molecule has 0 N–H and O–H groups in total. The molecular formula is C18H32O2. The smallest absolute Gasteiger partial charge is 0.333 e. The van der Waals surface area contributed by atoms with E-state index >= 15 is 0 Å². The van der Waals surface area contributed by atoms with Gasteiger partial charge >= 0.3 is 5.97 Å². The number of rotatable bonds is 1. The van der Waals surface area contributed by atoms with E-state index in [0.29, 0.717) is 0 Å². The summed E-state index contributed by atoms with van der Waals surface area (Å²) in [5.41, 5.74) is 0.902. The molecule has 0 aromatic carbocycles. The Morgan fingerprint density at radius 2 is 1.25 bits per heavy atom. The van der Waals surface area contributed by atoms with Crippen molar-refractivity contribution in [3.05, 3.63) is 11.6 Å². The lowest BCUT2D eigenvalue weighted by Crippen LogP contribution is -2.05. The number of ether oxygens (including phenoxy) is 1. The molecule has 1 aliphatic rings. The fourth-order valence-corrected chi connectivity index (χ4v) is 2.92. The monoisotopic (exact) mass is 280 g/mol. The highest BCUT2D eigenvalue weighted by molar-refractivity contribution is 5.88. The highest BCUT2D eigenvalue weighted by atomic mass is 16.5. The third-order valence-corrected chi connectivity index (χ3v) is 4.24. The van der Waals surface area contributed by atoms with Gasteiger partial charge in [0, 0.05) is 5.57 Å². The van der Waals surface area contributed by atoms with Crippen LogP contribution in [0.5, 0.6) is 0 Å². The Bertz CT molecular complexity index is 281. The average Bonchev–Trinajstić information content (AvgIpc) is 2.46. The van der Waals surface area contributed by atoms with Crippen molar-refractivity contribution in [1.82, 2.24) is 0 Å². The molecule has 0 atom stereocenters. The Kier molecular flexibility index (Phi) is 10.3. The lowest BCUT2D eigenvalue weighted by atomic mass is 10.0. The van der Waals surface area contributed by atoms with Crippen LogP contribution in [0.3, 0.4) is 0 Å². The Morgan fingerprint density at radius 1 is 0.800 bits per heavy atom. The first-order valence-corrected chi connectivity index (χ1v) is 8.62. The van der Waals surface area contributed by atoms with Crippen LogP contribution in [0.4, 0.5) is 0 Å². The molecule has 0 bridgehead atoms. The summed E-state index contributed by atoms with van der Waals surface area (Å²) in [6.45, 7) is 0. The summed E-state index contributed by atoms with van der Waals surface area (Å²) >= 11 is 0. The molecule has 0 spiro atoms. The van der Waals surface area contributed by atoms with Crippen molar-refractivity contribution in [3.63, 3.8) is 0 Å². The zero-order chi connectivity index (χ0) is 14.5. The van der Waals surface area contributed by atoms with E-state index in [4.69, 9.17) is 4.74 Å². The molecule has 0 heterocycles. The summed E-state index contributed by atoms with van der Waals surface area (Å²) < 4.78 is 4.89. The molecule has 0 aromatic heterocycles. The number of esters is 1. The van der Waals surface area contributed by atoms with Crippen LogP contribution in [0, 0.1) is 0 Å². The van der Waals surface area contributed by atoms with Gasteiger partial charge in [0.25, 0.3) is 0 Å². The van der Waals surface area contributed by atoms with Gasteiger partial charge in [-0.1, -0.05) is 70.3 Å². The number of allylic oxidation sites excluding steroid dienone is 1. The van der Waals surface area contributed by atoms with Gasteiger partial charge in [0.1, 0.15) is 0 Å². The van der Waals surface area contributed by atoms with Crippen LogP contribution >= 0.6 is 0 Å². The molecule has 0 amide bonds. The first-order chi connectivity index (χ1) is 9.84. The zero-order valence-electron chi connectivity index (χ0n) is 13.3. The van der Waals surface area contributed by atoms with E-state index in [2.05, 4.69) is 6.08 Å². The normalized spacial score (nSPS) is 23.6. The van der Waals surface area contributed by atoms with Crippen LogP contribution in [0.25, 0.3) is 0 Å². The van der Waals surface area contributed by atoms with Crippen molar-refractivity contribution >= 4 is 5.97 Å². The third-order valence-electron chi connectivity index (χ3n) is 4.24. The van der Waals surface area contributed by atoms with Gasteiger partial charge in [0.2, 0.25) is 0 Å². The standard InChI is InChI=1S/C18H32O2/c1-20-18(19)17-15-13-11-9-7-5-3-2-4-6-8-10-12-14-16-17/h15H,2-14,16H2,1H3/b17-15-. The Balaban J connectivity index is 2.39. The molecule has 1 rings (SSSR count). The lowest BCUT2D eigenvalue weighted by Gasteiger charge is -2.07. The average molecular weight is 280 g/mol. The molecule has 0 fully saturated rings. The third kappa shape index (κ3) is 8.39. The number of carbonyl (C=O) groups excluding carboxylic acids is 1. The summed E-state index contributed by atoms with van der Waals surface area (Å²) in [7, 11) is 1.49. The topological polar surface area (TPSA) is 26.3 Å². The number of methoxy groups -OCH3 is 1. The molecule has 0 saturated heterocycles. The Labute approximate surface area is 125 Å². The number of hydrogen-bond acceptors (Lipinski definition) is 2. The molecule has 2 nitrogen and oxygen atoms in total. The predicted molar refractivity (Wildman–Crippen MR) is 84.7 cm³/mol. The zero-order valence-corrected chi connectivity index (χ0v) is 13.3. The number of carbonyl (C=O) groups is 1. The second kappa shape index (κ2) is 12.0. The summed E-state index contributed by atoms with van der Waals surface area (Å²) in [4.78, 5) is 11.7. The summed E-state index contributed by atoms with van der Waals surface area (Å²) in [6.07, 6.45) is 20.0. The van der Waals surface area contributed by atoms with Gasteiger partial charge in [-0.2, -0.15) is 0 Å². The molecular weight excluding hydrogens is 248 g/mol. The molecule has 116 valence electrons. The highest BCUT2D eigenvalue weighted by Gasteiger charge is 2.08. The molecule has 0 aliphatic heterocycles. The van der Waals surface area contributed by atoms with Crippen LogP contribution in [0.1, 0.15) is 89.9 Å². The largest absolute Gasteiger partial charge is 0.466 e. The van der Waals surface area contributed by atoms with E-state index in [1.165, 1.54) is 77.7 Å². The van der Waals surface area contributed by atoms with Gasteiger partial charge in [0.05, 0.1) is 7.11 Å². The first-order valence-electron chi connectivity index (χ1n) is 8.62. The molecule has 1 aliphatic carbocycles. The minimum atomic E-state index is -0.119. The second-order valence-corrected chi connectivity index (χ2v) is 6.00. The summed E-state index contributed by atoms with van der Waals surface area (Å²) in [5.74, 6) is -0.119. The highest BCUT2D eigenvalue weighted by Crippen LogP contribution is 2.17. The molecule has 0 saturated carbocycles. The van der Waals surface area contributed by atoms with E-state index in [9.17, 15) is 4.79 Å². The van der Waals surface area contributed by atoms with Crippen LogP contribution in [0.2, 0.25) is 0 Å². The lowest BCUT2D eigenvalue weighted by molar-refractivity contribution is -0.136. The molecule has 0 radical (unpaired) electrons. The van der Waals surface area contributed by atoms with Crippen molar-refractivity contribution in [2.45, 2.75) is 89.9 Å². The summed E-state index contributed by atoms with van der Waals surface area (Å²) in [5, 5.41) is 0. The van der Waals surface area contributed by atoms with Gasteiger partial charge in [-0.25, -0.2) is 4.79 Å². The molecule has 0 aromatic rings. The van der Waals surface area contributed by atoms with Crippen LogP contribution < -0.4 is 0 Å². The molecule has 2 heteroatoms. The van der Waals surface area contributed by atoms with E-state index in [0.717, 1.165) is 24.8 Å². The van der Waals surface area contributed by atoms with Crippen LogP contribution in [0.15, 0.2) is 11.6 Å². The van der Waals surface area contributed by atoms with E-state index in [1.54, 1.807) is 0 Å². The van der Waals surface area contributed by atoms with Gasteiger partial charge in [0.15, 0.2) is 0 Å². The Morgan fingerprint density at radius 3 is 1.75 bits per heavy atom. The fourth-order valence-electron chi connectivity index (χ4n) is 2.92. The van der Waals surface area contributed by atoms with Gasteiger partial charge < -0.3 is 4.74 Å². The molecule has 0 unspecified atom stereocenters. The quantitative estimate of drug-likeness (QED) is 0.588. The van der Waals surface area contributed by atoms with Crippen LogP contribution in [-0.2, 0) is 9.53 Å². The van der Waals surface area contributed by atoms with Crippen molar-refractivity contribution in [3.8, 4) is 0 Å². The first kappa shape index (κ1) is 17.3. The van der Waals surface area contributed by atoms with Gasteiger partial charge in [-0.15, -0.1) is 0 Å². The van der Waals surface area contributed by atoms with E-state index < -0.39 is 0 Å². The predicted octanol–water partition coefficient (Wildman–Crippen LogP) is 5.56. The maximum absolute atomic E-state index is 11.7. The van der Waals surface area contributed by atoms with E-state index in [-0.39, 0.29) is 5.97 Å². The maximum Gasteiger partial charge on any atom is 0.333 e.